The van der Waals surface area contributed by atoms with Crippen molar-refractivity contribution in [3.05, 3.63) is 59.4 Å². The molecular weight excluding hydrogens is 351 g/mol. The highest BCUT2D eigenvalue weighted by atomic mass is 32.2. The highest BCUT2D eigenvalue weighted by Gasteiger charge is 2.33. The quantitative estimate of drug-likeness (QED) is 0.883. The monoisotopic (exact) mass is 370 g/mol. The van der Waals surface area contributed by atoms with Gasteiger partial charge in [0.15, 0.2) is 0 Å². The van der Waals surface area contributed by atoms with Gasteiger partial charge in [-0.05, 0) is 55.7 Å². The number of fused-ring (bicyclic) bond motifs is 1. The Hall–Kier alpha value is -2.34. The number of amides is 2. The van der Waals surface area contributed by atoms with Crippen LogP contribution in [0.25, 0.3) is 0 Å². The van der Waals surface area contributed by atoms with Gasteiger partial charge in [-0.15, -0.1) is 11.8 Å². The van der Waals surface area contributed by atoms with Crippen LogP contribution in [0.4, 0.5) is 10.1 Å². The third kappa shape index (κ3) is 3.46. The SMILES string of the molecule is C[C@H]1Sc2ccc(C(=O)N(Cc3ccc(F)cc3)C3CC3)cc2NC1=O. The Morgan fingerprint density at radius 3 is 2.65 bits per heavy atom. The summed E-state index contributed by atoms with van der Waals surface area (Å²) in [7, 11) is 0. The van der Waals surface area contributed by atoms with Gasteiger partial charge in [0.2, 0.25) is 5.91 Å². The van der Waals surface area contributed by atoms with Crippen LogP contribution in [0.15, 0.2) is 47.4 Å². The number of nitrogens with zero attached hydrogens (tertiary/aromatic N) is 1. The van der Waals surface area contributed by atoms with Gasteiger partial charge in [0, 0.05) is 23.0 Å². The molecule has 0 saturated heterocycles. The van der Waals surface area contributed by atoms with Gasteiger partial charge in [-0.1, -0.05) is 12.1 Å². The van der Waals surface area contributed by atoms with Gasteiger partial charge in [0.1, 0.15) is 5.82 Å². The second kappa shape index (κ2) is 6.76. The topological polar surface area (TPSA) is 49.4 Å². The second-order valence-electron chi connectivity index (χ2n) is 6.75. The average Bonchev–Trinajstić information content (AvgIpc) is 3.46. The van der Waals surface area contributed by atoms with Gasteiger partial charge in [-0.25, -0.2) is 4.39 Å². The van der Waals surface area contributed by atoms with Crippen molar-refractivity contribution in [2.24, 2.45) is 0 Å². The van der Waals surface area contributed by atoms with Crippen molar-refractivity contribution < 1.29 is 14.0 Å². The predicted octanol–water partition coefficient (Wildman–Crippen LogP) is 4.06. The summed E-state index contributed by atoms with van der Waals surface area (Å²) in [6.07, 6.45) is 1.98. The van der Waals surface area contributed by atoms with Gasteiger partial charge in [0.25, 0.3) is 5.91 Å². The molecule has 26 heavy (non-hydrogen) atoms. The molecule has 2 aromatic rings. The Morgan fingerprint density at radius 1 is 1.23 bits per heavy atom. The van der Waals surface area contributed by atoms with Crippen molar-refractivity contribution >= 4 is 29.3 Å². The van der Waals surface area contributed by atoms with Crippen LogP contribution < -0.4 is 5.32 Å². The zero-order chi connectivity index (χ0) is 18.3. The molecule has 2 aromatic carbocycles. The number of rotatable bonds is 4. The third-order valence-electron chi connectivity index (χ3n) is 4.67. The van der Waals surface area contributed by atoms with Crippen molar-refractivity contribution in [1.82, 2.24) is 4.90 Å². The zero-order valence-corrected chi connectivity index (χ0v) is 15.2. The van der Waals surface area contributed by atoms with Gasteiger partial charge in [0.05, 0.1) is 10.9 Å². The molecule has 1 atom stereocenters. The molecule has 2 aliphatic rings. The van der Waals surface area contributed by atoms with Gasteiger partial charge in [-0.2, -0.15) is 0 Å². The molecule has 1 aliphatic heterocycles. The molecule has 0 radical (unpaired) electrons. The molecule has 1 aliphatic carbocycles. The first kappa shape index (κ1) is 17.1. The van der Waals surface area contributed by atoms with Crippen LogP contribution in [0.3, 0.4) is 0 Å². The number of hydrogen-bond donors (Lipinski definition) is 1. The van der Waals surface area contributed by atoms with Crippen LogP contribution in [0.1, 0.15) is 35.7 Å². The molecule has 0 spiro atoms. The van der Waals surface area contributed by atoms with E-state index in [0.717, 1.165) is 23.3 Å². The predicted molar refractivity (Wildman–Crippen MR) is 99.7 cm³/mol. The highest BCUT2D eigenvalue weighted by Crippen LogP contribution is 2.37. The van der Waals surface area contributed by atoms with E-state index in [4.69, 9.17) is 0 Å². The lowest BCUT2D eigenvalue weighted by molar-refractivity contribution is -0.115. The Balaban J connectivity index is 1.57. The summed E-state index contributed by atoms with van der Waals surface area (Å²) in [5.41, 5.74) is 2.16. The molecule has 4 nitrogen and oxygen atoms in total. The van der Waals surface area contributed by atoms with Crippen LogP contribution in [-0.2, 0) is 11.3 Å². The molecule has 0 unspecified atom stereocenters. The minimum absolute atomic E-state index is 0.0440. The molecule has 2 amide bonds. The average molecular weight is 370 g/mol. The number of halogens is 1. The fraction of sp³-hybridized carbons (Fsp3) is 0.300. The van der Waals surface area contributed by atoms with Crippen molar-refractivity contribution in [3.63, 3.8) is 0 Å². The molecule has 0 aromatic heterocycles. The maximum atomic E-state index is 13.1. The Kier molecular flexibility index (Phi) is 4.44. The smallest absolute Gasteiger partial charge is 0.254 e. The fourth-order valence-electron chi connectivity index (χ4n) is 3.05. The molecule has 1 N–H and O–H groups in total. The number of anilines is 1. The maximum Gasteiger partial charge on any atom is 0.254 e. The number of nitrogens with one attached hydrogen (secondary N) is 1. The van der Waals surface area contributed by atoms with E-state index in [-0.39, 0.29) is 28.9 Å². The Bertz CT molecular complexity index is 865. The summed E-state index contributed by atoms with van der Waals surface area (Å²) in [6.45, 7) is 2.32. The first-order chi connectivity index (χ1) is 12.5. The highest BCUT2D eigenvalue weighted by molar-refractivity contribution is 8.00. The van der Waals surface area contributed by atoms with E-state index in [1.165, 1.54) is 23.9 Å². The van der Waals surface area contributed by atoms with Gasteiger partial charge >= 0.3 is 0 Å². The normalized spacial score (nSPS) is 18.8. The van der Waals surface area contributed by atoms with Crippen LogP contribution in [0.5, 0.6) is 0 Å². The zero-order valence-electron chi connectivity index (χ0n) is 14.4. The van der Waals surface area contributed by atoms with Gasteiger partial charge < -0.3 is 10.2 Å². The Morgan fingerprint density at radius 2 is 1.96 bits per heavy atom. The number of thioether (sulfide) groups is 1. The van der Waals surface area contributed by atoms with E-state index >= 15 is 0 Å². The van der Waals surface area contributed by atoms with Crippen LogP contribution in [-0.4, -0.2) is 28.0 Å². The first-order valence-corrected chi connectivity index (χ1v) is 9.56. The molecule has 6 heteroatoms. The van der Waals surface area contributed by atoms with Crippen LogP contribution in [0, 0.1) is 5.82 Å². The molecule has 1 saturated carbocycles. The fourth-order valence-corrected chi connectivity index (χ4v) is 3.98. The second-order valence-corrected chi connectivity index (χ2v) is 8.13. The van der Waals surface area contributed by atoms with Crippen molar-refractivity contribution in [1.29, 1.82) is 0 Å². The van der Waals surface area contributed by atoms with Crippen molar-refractivity contribution in [2.45, 2.75) is 42.5 Å². The molecule has 134 valence electrons. The molecule has 1 fully saturated rings. The minimum Gasteiger partial charge on any atom is -0.331 e. The molecule has 0 bridgehead atoms. The van der Waals surface area contributed by atoms with E-state index in [2.05, 4.69) is 5.32 Å². The summed E-state index contributed by atoms with van der Waals surface area (Å²) >= 11 is 1.50. The van der Waals surface area contributed by atoms with E-state index in [9.17, 15) is 14.0 Å². The lowest BCUT2D eigenvalue weighted by atomic mass is 10.1. The summed E-state index contributed by atoms with van der Waals surface area (Å²) in [5, 5.41) is 2.74. The summed E-state index contributed by atoms with van der Waals surface area (Å²) in [6, 6.07) is 12.0. The lowest BCUT2D eigenvalue weighted by Crippen LogP contribution is -2.33. The number of carbonyl (C=O) groups excluding carboxylic acids is 2. The largest absolute Gasteiger partial charge is 0.331 e. The lowest BCUT2D eigenvalue weighted by Gasteiger charge is -2.25. The summed E-state index contributed by atoms with van der Waals surface area (Å²) in [5.74, 6) is -0.384. The first-order valence-electron chi connectivity index (χ1n) is 8.68. The van der Waals surface area contributed by atoms with Crippen molar-refractivity contribution in [3.8, 4) is 0 Å². The number of hydrogen-bond acceptors (Lipinski definition) is 3. The van der Waals surface area contributed by atoms with Crippen LogP contribution >= 0.6 is 11.8 Å². The van der Waals surface area contributed by atoms with Crippen LogP contribution in [0.2, 0.25) is 0 Å². The Labute approximate surface area is 155 Å². The molecule has 4 rings (SSSR count). The number of carbonyl (C=O) groups is 2. The summed E-state index contributed by atoms with van der Waals surface area (Å²) in [4.78, 5) is 27.8. The standard InChI is InChI=1S/C20H19FN2O2S/c1-12-19(24)22-17-10-14(4-9-18(17)26-12)20(25)23(16-7-8-16)11-13-2-5-15(21)6-3-13/h2-6,9-10,12,16H,7-8,11H2,1H3,(H,22,24)/t12-/m1/s1. The number of benzene rings is 2. The van der Waals surface area contributed by atoms with E-state index < -0.39 is 0 Å². The maximum absolute atomic E-state index is 13.1. The third-order valence-corrected chi connectivity index (χ3v) is 5.85. The van der Waals surface area contributed by atoms with E-state index in [1.807, 2.05) is 24.0 Å². The molecule has 1 heterocycles. The molecular formula is C20H19FN2O2S. The summed E-state index contributed by atoms with van der Waals surface area (Å²) < 4.78 is 13.1. The van der Waals surface area contributed by atoms with E-state index in [0.29, 0.717) is 17.8 Å². The van der Waals surface area contributed by atoms with Gasteiger partial charge in [-0.3, -0.25) is 9.59 Å². The van der Waals surface area contributed by atoms with E-state index in [1.54, 1.807) is 18.2 Å². The van der Waals surface area contributed by atoms with Crippen molar-refractivity contribution in [2.75, 3.05) is 5.32 Å². The minimum atomic E-state index is -0.282.